The number of carboxylic acid groups (broad SMARTS) is 1. The van der Waals surface area contributed by atoms with E-state index in [2.05, 4.69) is 20.8 Å². The average molecular weight is 264 g/mol. The molecule has 0 aliphatic heterocycles. The number of benzene rings is 1. The van der Waals surface area contributed by atoms with Gasteiger partial charge in [0.05, 0.1) is 6.42 Å². The molecule has 2 N–H and O–H groups in total. The Morgan fingerprint density at radius 1 is 1.11 bits per heavy atom. The Morgan fingerprint density at radius 3 is 1.95 bits per heavy atom. The minimum atomic E-state index is -1.27. The van der Waals surface area contributed by atoms with Gasteiger partial charge in [-0.2, -0.15) is 0 Å². The third kappa shape index (κ3) is 4.06. The van der Waals surface area contributed by atoms with Gasteiger partial charge >= 0.3 is 5.97 Å². The summed E-state index contributed by atoms with van der Waals surface area (Å²) in [6, 6.07) is 7.63. The van der Waals surface area contributed by atoms with Crippen molar-refractivity contribution in [2.24, 2.45) is 0 Å². The highest BCUT2D eigenvalue weighted by atomic mass is 16.4. The molecule has 106 valence electrons. The van der Waals surface area contributed by atoms with Gasteiger partial charge in [-0.3, -0.25) is 4.79 Å². The van der Waals surface area contributed by atoms with E-state index in [4.69, 9.17) is 5.11 Å². The van der Waals surface area contributed by atoms with Crippen LogP contribution in [0.3, 0.4) is 0 Å². The second-order valence-corrected chi connectivity index (χ2v) is 6.18. The first kappa shape index (κ1) is 15.7. The van der Waals surface area contributed by atoms with Crippen LogP contribution in [0.4, 0.5) is 0 Å². The van der Waals surface area contributed by atoms with Crippen LogP contribution in [0.1, 0.15) is 58.1 Å². The fourth-order valence-corrected chi connectivity index (χ4v) is 2.28. The molecule has 0 saturated heterocycles. The maximum atomic E-state index is 10.9. The highest BCUT2D eigenvalue weighted by Gasteiger charge is 2.31. The zero-order chi connectivity index (χ0) is 14.7. The molecule has 0 fully saturated rings. The van der Waals surface area contributed by atoms with Gasteiger partial charge in [0.15, 0.2) is 0 Å². The van der Waals surface area contributed by atoms with Crippen molar-refractivity contribution in [2.45, 2.75) is 58.0 Å². The highest BCUT2D eigenvalue weighted by Crippen LogP contribution is 2.32. The molecule has 3 heteroatoms. The minimum absolute atomic E-state index is 0.0498. The van der Waals surface area contributed by atoms with Crippen LogP contribution in [0.25, 0.3) is 0 Å². The number of carboxylic acids is 1. The molecule has 0 amide bonds. The van der Waals surface area contributed by atoms with Gasteiger partial charge in [0.25, 0.3) is 0 Å². The summed E-state index contributed by atoms with van der Waals surface area (Å²) in [5.74, 6) is -0.976. The lowest BCUT2D eigenvalue weighted by Crippen LogP contribution is -2.29. The molecule has 3 nitrogen and oxygen atoms in total. The maximum Gasteiger partial charge on any atom is 0.306 e. The lowest BCUT2D eigenvalue weighted by Gasteiger charge is -2.28. The number of aliphatic hydroxyl groups is 1. The van der Waals surface area contributed by atoms with Crippen molar-refractivity contribution in [3.8, 4) is 0 Å². The van der Waals surface area contributed by atoms with Crippen LogP contribution >= 0.6 is 0 Å². The molecule has 0 aliphatic rings. The van der Waals surface area contributed by atoms with E-state index in [0.29, 0.717) is 12.0 Å². The Morgan fingerprint density at radius 2 is 1.58 bits per heavy atom. The third-order valence-electron chi connectivity index (χ3n) is 3.40. The van der Waals surface area contributed by atoms with Crippen molar-refractivity contribution in [1.29, 1.82) is 0 Å². The second-order valence-electron chi connectivity index (χ2n) is 6.18. The zero-order valence-electron chi connectivity index (χ0n) is 12.2. The van der Waals surface area contributed by atoms with Crippen LogP contribution in [-0.2, 0) is 15.8 Å². The topological polar surface area (TPSA) is 57.5 Å². The molecule has 19 heavy (non-hydrogen) atoms. The predicted molar refractivity (Wildman–Crippen MR) is 76.2 cm³/mol. The largest absolute Gasteiger partial charge is 0.481 e. The van der Waals surface area contributed by atoms with Crippen molar-refractivity contribution in [2.75, 3.05) is 0 Å². The quantitative estimate of drug-likeness (QED) is 0.856. The summed E-state index contributed by atoms with van der Waals surface area (Å²) in [5, 5.41) is 19.5. The van der Waals surface area contributed by atoms with Crippen molar-refractivity contribution < 1.29 is 15.0 Å². The standard InChI is InChI=1S/C16H24O3/c1-5-10-16(19,11-14(17)18)13-8-6-12(7-9-13)15(2,3)4/h6-9,19H,5,10-11H2,1-4H3,(H,17,18). The average Bonchev–Trinajstić information content (AvgIpc) is 2.27. The van der Waals surface area contributed by atoms with E-state index in [1.807, 2.05) is 31.2 Å². The minimum Gasteiger partial charge on any atom is -0.481 e. The lowest BCUT2D eigenvalue weighted by atomic mass is 9.82. The van der Waals surface area contributed by atoms with Gasteiger partial charge in [0.1, 0.15) is 5.60 Å². The van der Waals surface area contributed by atoms with E-state index in [-0.39, 0.29) is 11.8 Å². The summed E-state index contributed by atoms with van der Waals surface area (Å²) in [5.41, 5.74) is 0.640. The van der Waals surface area contributed by atoms with Gasteiger partial charge in [0.2, 0.25) is 0 Å². The summed E-state index contributed by atoms with van der Waals surface area (Å²) in [6.45, 7) is 8.31. The molecular formula is C16H24O3. The number of aliphatic carboxylic acids is 1. The Balaban J connectivity index is 3.07. The Bertz CT molecular complexity index is 428. The van der Waals surface area contributed by atoms with Crippen LogP contribution in [-0.4, -0.2) is 16.2 Å². The Hall–Kier alpha value is -1.35. The van der Waals surface area contributed by atoms with Gasteiger partial charge in [-0.05, 0) is 23.0 Å². The van der Waals surface area contributed by atoms with Crippen LogP contribution in [0.2, 0.25) is 0 Å². The third-order valence-corrected chi connectivity index (χ3v) is 3.40. The van der Waals surface area contributed by atoms with Crippen LogP contribution in [0, 0.1) is 0 Å². The first-order valence-electron chi connectivity index (χ1n) is 6.74. The Kier molecular flexibility index (Phi) is 4.75. The lowest BCUT2D eigenvalue weighted by molar-refractivity contribution is -0.143. The number of rotatable bonds is 5. The van der Waals surface area contributed by atoms with E-state index < -0.39 is 11.6 Å². The van der Waals surface area contributed by atoms with Gasteiger partial charge in [0, 0.05) is 0 Å². The first-order chi connectivity index (χ1) is 8.69. The smallest absolute Gasteiger partial charge is 0.306 e. The number of carbonyl (C=O) groups is 1. The molecule has 0 radical (unpaired) electrons. The van der Waals surface area contributed by atoms with Crippen molar-refractivity contribution in [3.05, 3.63) is 35.4 Å². The molecule has 0 bridgehead atoms. The SMILES string of the molecule is CCCC(O)(CC(=O)O)c1ccc(C(C)(C)C)cc1. The summed E-state index contributed by atoms with van der Waals surface area (Å²) >= 11 is 0. The van der Waals surface area contributed by atoms with Crippen molar-refractivity contribution in [3.63, 3.8) is 0 Å². The molecule has 0 aliphatic carbocycles. The molecule has 1 aromatic rings. The van der Waals surface area contributed by atoms with Crippen LogP contribution in [0.5, 0.6) is 0 Å². The van der Waals surface area contributed by atoms with Crippen LogP contribution < -0.4 is 0 Å². The molecular weight excluding hydrogens is 240 g/mol. The predicted octanol–water partition coefficient (Wildman–Crippen LogP) is 3.45. The summed E-state index contributed by atoms with van der Waals surface area (Å²) in [4.78, 5) is 10.9. The summed E-state index contributed by atoms with van der Waals surface area (Å²) in [7, 11) is 0. The molecule has 1 atom stereocenters. The van der Waals surface area contributed by atoms with Gasteiger partial charge in [-0.1, -0.05) is 58.4 Å². The molecule has 1 unspecified atom stereocenters. The Labute approximate surface area is 115 Å². The fraction of sp³-hybridized carbons (Fsp3) is 0.562. The van der Waals surface area contributed by atoms with Gasteiger partial charge in [-0.15, -0.1) is 0 Å². The van der Waals surface area contributed by atoms with Crippen molar-refractivity contribution in [1.82, 2.24) is 0 Å². The van der Waals surface area contributed by atoms with Gasteiger partial charge < -0.3 is 10.2 Å². The second kappa shape index (κ2) is 5.74. The molecule has 0 aromatic heterocycles. The maximum absolute atomic E-state index is 10.9. The van der Waals surface area contributed by atoms with Gasteiger partial charge in [-0.25, -0.2) is 0 Å². The summed E-state index contributed by atoms with van der Waals surface area (Å²) in [6.07, 6.45) is 0.939. The monoisotopic (exact) mass is 264 g/mol. The summed E-state index contributed by atoms with van der Waals surface area (Å²) < 4.78 is 0. The molecule has 0 heterocycles. The number of hydrogen-bond acceptors (Lipinski definition) is 2. The normalized spacial score (nSPS) is 15.0. The molecule has 0 saturated carbocycles. The highest BCUT2D eigenvalue weighted by molar-refractivity contribution is 5.68. The van der Waals surface area contributed by atoms with Crippen molar-refractivity contribution >= 4 is 5.97 Å². The first-order valence-corrected chi connectivity index (χ1v) is 6.74. The van der Waals surface area contributed by atoms with E-state index in [1.54, 1.807) is 0 Å². The van der Waals surface area contributed by atoms with E-state index >= 15 is 0 Å². The van der Waals surface area contributed by atoms with E-state index in [9.17, 15) is 9.90 Å². The van der Waals surface area contributed by atoms with E-state index in [0.717, 1.165) is 6.42 Å². The fourth-order valence-electron chi connectivity index (χ4n) is 2.28. The van der Waals surface area contributed by atoms with E-state index in [1.165, 1.54) is 5.56 Å². The zero-order valence-corrected chi connectivity index (χ0v) is 12.2. The molecule has 1 aromatic carbocycles. The molecule has 0 spiro atoms. The molecule has 1 rings (SSSR count). The number of hydrogen-bond donors (Lipinski definition) is 2. The van der Waals surface area contributed by atoms with Crippen LogP contribution in [0.15, 0.2) is 24.3 Å².